The number of hydrogen-bond donors (Lipinski definition) is 0. The summed E-state index contributed by atoms with van der Waals surface area (Å²) in [5, 5.41) is 0. The Balaban J connectivity index is 5.64. The highest BCUT2D eigenvalue weighted by Crippen LogP contribution is 2.34. The molecule has 4 heteroatoms. The summed E-state index contributed by atoms with van der Waals surface area (Å²) in [6.45, 7) is 20.0. The number of hydrogen-bond acceptors (Lipinski definition) is 3. The largest absolute Gasteiger partial charge is 0.629 e. The summed E-state index contributed by atoms with van der Waals surface area (Å²) >= 11 is -2.27. The van der Waals surface area contributed by atoms with Crippen molar-refractivity contribution in [2.45, 2.75) is 137 Å². The standard InChI is InChI=1S/3C7H15O.Al/c3*1-4-7(8,5-2)6-3;/h3*4-6H2,1-3H3;/q3*-1;+2. The first-order chi connectivity index (χ1) is 11.8. The lowest BCUT2D eigenvalue weighted by Gasteiger charge is -2.52. The van der Waals surface area contributed by atoms with Crippen LogP contribution in [0.1, 0.15) is 120 Å². The smallest absolute Gasteiger partial charge is 0.560 e. The zero-order chi connectivity index (χ0) is 19.6. The van der Waals surface area contributed by atoms with Gasteiger partial charge in [-0.15, -0.1) is 0 Å². The molecule has 0 amide bonds. The predicted molar refractivity (Wildman–Crippen MR) is 110 cm³/mol. The van der Waals surface area contributed by atoms with E-state index >= 15 is 0 Å². The van der Waals surface area contributed by atoms with Gasteiger partial charge < -0.3 is 11.4 Å². The fraction of sp³-hybridized carbons (Fsp3) is 1.00. The molecule has 0 rings (SSSR count). The van der Waals surface area contributed by atoms with E-state index in [-0.39, 0.29) is 16.8 Å². The van der Waals surface area contributed by atoms with E-state index in [0.717, 1.165) is 57.8 Å². The molecule has 0 aromatic carbocycles. The van der Waals surface area contributed by atoms with Crippen LogP contribution in [0.3, 0.4) is 0 Å². The Morgan fingerprint density at radius 2 is 0.560 bits per heavy atom. The van der Waals surface area contributed by atoms with Crippen LogP contribution < -0.4 is 0 Å². The van der Waals surface area contributed by atoms with Crippen molar-refractivity contribution in [2.24, 2.45) is 0 Å². The Hall–Kier alpha value is 0.412. The van der Waals surface area contributed by atoms with E-state index in [1.165, 1.54) is 0 Å². The minimum Gasteiger partial charge on any atom is -0.629 e. The van der Waals surface area contributed by atoms with Gasteiger partial charge in [0.05, 0.1) is 0 Å². The third-order valence-electron chi connectivity index (χ3n) is 6.84. The van der Waals surface area contributed by atoms with Crippen molar-refractivity contribution < 1.29 is 11.4 Å². The van der Waals surface area contributed by atoms with Gasteiger partial charge in [0.15, 0.2) is 0 Å². The lowest BCUT2D eigenvalue weighted by atomic mass is 9.95. The zero-order valence-electron chi connectivity index (χ0n) is 18.7. The molecule has 0 saturated carbocycles. The number of rotatable bonds is 15. The molecule has 0 unspecified atom stereocenters. The first-order valence-electron chi connectivity index (χ1n) is 10.9. The second-order valence-corrected chi connectivity index (χ2v) is 8.66. The lowest BCUT2D eigenvalue weighted by Crippen LogP contribution is -2.50. The van der Waals surface area contributed by atoms with Gasteiger partial charge in [-0.25, -0.2) is 0 Å². The van der Waals surface area contributed by atoms with Gasteiger partial charge in [-0.2, -0.15) is 0 Å². The summed E-state index contributed by atoms with van der Waals surface area (Å²) in [6, 6.07) is 0. The highest BCUT2D eigenvalue weighted by molar-refractivity contribution is 6.37. The highest BCUT2D eigenvalue weighted by atomic mass is 27.3. The van der Waals surface area contributed by atoms with Gasteiger partial charge in [-0.3, -0.25) is 0 Å². The van der Waals surface area contributed by atoms with Crippen LogP contribution in [-0.4, -0.2) is 32.0 Å². The predicted octanol–water partition coefficient (Wildman–Crippen LogP) is 6.93. The molecule has 0 N–H and O–H groups in total. The Bertz CT molecular complexity index is 257. The molecule has 0 aromatic heterocycles. The highest BCUT2D eigenvalue weighted by Gasteiger charge is 2.35. The second-order valence-electron chi connectivity index (χ2n) is 7.37. The quantitative estimate of drug-likeness (QED) is 0.292. The fourth-order valence-electron chi connectivity index (χ4n) is 3.68. The van der Waals surface area contributed by atoms with Crippen LogP contribution in [0.25, 0.3) is 0 Å². The Kier molecular flexibility index (Phi) is 12.2. The third-order valence-corrected chi connectivity index (χ3v) is 8.92. The SMILES string of the molecule is CCC(CC)(CC)[O][Al-]([O]C(CC)(CC)CC)[O]C(CC)(CC)CC. The van der Waals surface area contributed by atoms with Crippen molar-refractivity contribution in [3.05, 3.63) is 0 Å². The van der Waals surface area contributed by atoms with Gasteiger partial charge in [0.25, 0.3) is 0 Å². The summed E-state index contributed by atoms with van der Waals surface area (Å²) in [5.74, 6) is 0. The molecule has 0 bridgehead atoms. The van der Waals surface area contributed by atoms with Crippen LogP contribution in [0.15, 0.2) is 0 Å². The molecule has 0 heterocycles. The first kappa shape index (κ1) is 25.4. The van der Waals surface area contributed by atoms with Crippen molar-refractivity contribution in [2.75, 3.05) is 0 Å². The molecule has 0 saturated heterocycles. The molecule has 151 valence electrons. The van der Waals surface area contributed by atoms with Crippen molar-refractivity contribution in [1.82, 2.24) is 0 Å². The summed E-state index contributed by atoms with van der Waals surface area (Å²) in [6.07, 6.45) is 9.04. The molecule has 1 radical (unpaired) electrons. The molecule has 0 fully saturated rings. The van der Waals surface area contributed by atoms with Gasteiger partial charge >= 0.3 is 15.1 Å². The van der Waals surface area contributed by atoms with Gasteiger partial charge in [0.2, 0.25) is 0 Å². The van der Waals surface area contributed by atoms with Crippen LogP contribution in [-0.2, 0) is 11.4 Å². The van der Waals surface area contributed by atoms with Crippen LogP contribution in [0.4, 0.5) is 0 Å². The van der Waals surface area contributed by atoms with E-state index in [1.54, 1.807) is 0 Å². The molecule has 3 nitrogen and oxygen atoms in total. The van der Waals surface area contributed by atoms with E-state index < -0.39 is 15.1 Å². The van der Waals surface area contributed by atoms with E-state index in [9.17, 15) is 0 Å². The molecular weight excluding hydrogens is 327 g/mol. The fourth-order valence-corrected chi connectivity index (χ4v) is 6.55. The van der Waals surface area contributed by atoms with Crippen LogP contribution in [0.2, 0.25) is 0 Å². The molecule has 0 aliphatic carbocycles. The first-order valence-corrected chi connectivity index (χ1v) is 12.3. The molecule has 0 aliphatic heterocycles. The Morgan fingerprint density at radius 3 is 0.680 bits per heavy atom. The Morgan fingerprint density at radius 1 is 0.400 bits per heavy atom. The van der Waals surface area contributed by atoms with Gasteiger partial charge in [0.1, 0.15) is 0 Å². The Labute approximate surface area is 163 Å². The summed E-state index contributed by atoms with van der Waals surface area (Å²) in [7, 11) is 0. The van der Waals surface area contributed by atoms with Crippen LogP contribution in [0, 0.1) is 0 Å². The minimum atomic E-state index is -2.27. The summed E-state index contributed by atoms with van der Waals surface area (Å²) in [4.78, 5) is 0. The maximum absolute atomic E-state index is 6.70. The van der Waals surface area contributed by atoms with E-state index in [0.29, 0.717) is 0 Å². The van der Waals surface area contributed by atoms with E-state index in [1.807, 2.05) is 0 Å². The van der Waals surface area contributed by atoms with E-state index in [4.69, 9.17) is 11.4 Å². The molecular formula is C21H45AlO3-. The van der Waals surface area contributed by atoms with Crippen LogP contribution in [0.5, 0.6) is 0 Å². The topological polar surface area (TPSA) is 27.7 Å². The molecule has 0 atom stereocenters. The van der Waals surface area contributed by atoms with Crippen molar-refractivity contribution in [1.29, 1.82) is 0 Å². The average Bonchev–Trinajstić information content (AvgIpc) is 2.68. The van der Waals surface area contributed by atoms with Gasteiger partial charge in [-0.1, -0.05) is 62.3 Å². The molecule has 25 heavy (non-hydrogen) atoms. The van der Waals surface area contributed by atoms with Crippen LogP contribution >= 0.6 is 0 Å². The molecule has 0 spiro atoms. The maximum atomic E-state index is 6.70. The average molecular weight is 373 g/mol. The minimum absolute atomic E-state index is 0.112. The molecule has 0 aliphatic rings. The monoisotopic (exact) mass is 372 g/mol. The third kappa shape index (κ3) is 6.82. The maximum Gasteiger partial charge on any atom is 0.560 e. The van der Waals surface area contributed by atoms with E-state index in [2.05, 4.69) is 62.3 Å². The molecule has 0 aromatic rings. The lowest BCUT2D eigenvalue weighted by molar-refractivity contribution is -0.100. The van der Waals surface area contributed by atoms with Crippen molar-refractivity contribution in [3.63, 3.8) is 0 Å². The normalized spacial score (nSPS) is 13.7. The second kappa shape index (κ2) is 12.0. The zero-order valence-corrected chi connectivity index (χ0v) is 19.8. The van der Waals surface area contributed by atoms with Gasteiger partial charge in [0, 0.05) is 16.8 Å². The summed E-state index contributed by atoms with van der Waals surface area (Å²) in [5.41, 5.74) is -0.337. The van der Waals surface area contributed by atoms with Crippen molar-refractivity contribution in [3.8, 4) is 0 Å². The summed E-state index contributed by atoms with van der Waals surface area (Å²) < 4.78 is 20.1. The van der Waals surface area contributed by atoms with Gasteiger partial charge in [-0.05, 0) is 57.8 Å². The van der Waals surface area contributed by atoms with Crippen molar-refractivity contribution >= 4 is 15.1 Å².